The maximum absolute atomic E-state index is 10.7. The lowest BCUT2D eigenvalue weighted by Crippen LogP contribution is -1.99. The molecule has 258 valence electrons. The number of rotatable bonds is 15. The van der Waals surface area contributed by atoms with E-state index in [0.29, 0.717) is 28.0 Å². The Morgan fingerprint density at radius 2 is 1.14 bits per heavy atom. The first kappa shape index (κ1) is 35.8. The van der Waals surface area contributed by atoms with E-state index in [1.54, 1.807) is 30.6 Å². The zero-order valence-corrected chi connectivity index (χ0v) is 28.7. The summed E-state index contributed by atoms with van der Waals surface area (Å²) in [6.07, 6.45) is 13.4. The van der Waals surface area contributed by atoms with Crippen LogP contribution in [0.5, 0.6) is 23.0 Å². The molecule has 4 aromatic carbocycles. The van der Waals surface area contributed by atoms with E-state index in [9.17, 15) is 10.1 Å². The van der Waals surface area contributed by atoms with E-state index in [1.807, 2.05) is 58.2 Å². The Labute approximate surface area is 299 Å². The van der Waals surface area contributed by atoms with Crippen molar-refractivity contribution in [1.29, 1.82) is 0 Å². The largest absolute Gasteiger partial charge is 0.456 e. The van der Waals surface area contributed by atoms with Gasteiger partial charge in [-0.05, 0) is 98.2 Å². The Morgan fingerprint density at radius 3 is 1.56 bits per heavy atom. The zero-order valence-electron chi connectivity index (χ0n) is 27.1. The van der Waals surface area contributed by atoms with Crippen LogP contribution in [0.25, 0.3) is 0 Å². The third kappa shape index (κ3) is 11.3. The van der Waals surface area contributed by atoms with Gasteiger partial charge in [0.1, 0.15) is 23.0 Å². The molecule has 0 aliphatic rings. The minimum Gasteiger partial charge on any atom is -0.456 e. The van der Waals surface area contributed by atoms with E-state index in [0.717, 1.165) is 57.4 Å². The average Bonchev–Trinajstić information content (AvgIpc) is 3.84. The number of nitro benzene ring substituents is 1. The monoisotopic (exact) mass is 714 g/mol. The number of non-ortho nitro benzene ring substituents is 1. The summed E-state index contributed by atoms with van der Waals surface area (Å²) >= 11 is 12.2. The summed E-state index contributed by atoms with van der Waals surface area (Å²) in [5.41, 5.74) is 8.73. The normalized spacial score (nSPS) is 10.7. The topological polar surface area (TPSA) is 149 Å². The third-order valence-electron chi connectivity index (χ3n) is 7.53. The number of unbranched alkanes of at least 4 members (excludes halogenated alkanes) is 2. The Kier molecular flexibility index (Phi) is 13.1. The van der Waals surface area contributed by atoms with Gasteiger partial charge < -0.3 is 15.2 Å². The van der Waals surface area contributed by atoms with E-state index < -0.39 is 4.92 Å². The van der Waals surface area contributed by atoms with Gasteiger partial charge in [-0.3, -0.25) is 19.5 Å². The molecule has 0 unspecified atom stereocenters. The minimum atomic E-state index is -0.493. The smallest absolute Gasteiger partial charge is 0.271 e. The fourth-order valence-electron chi connectivity index (χ4n) is 4.90. The lowest BCUT2D eigenvalue weighted by atomic mass is 10.1. The standard InChI is InChI=1S/C18H17ClN4O3.C18H19ClN4O/c19-17-13-15(23(24)25)6-9-18(17)26-16-7-4-14(5-8-16)3-1-2-11-22-12-10-20-21-22;19-17-13-15(20)6-9-18(17)24-16-7-4-14(5-8-16)3-1-2-11-23-12-10-21-22-23/h4-10,12-13H,1-3,11H2;4-10,12-13H,1-3,11,20H2. The van der Waals surface area contributed by atoms with Crippen molar-refractivity contribution in [2.45, 2.75) is 51.6 Å². The van der Waals surface area contributed by atoms with Gasteiger partial charge in [-0.25, -0.2) is 0 Å². The second kappa shape index (κ2) is 18.3. The molecule has 0 atom stereocenters. The van der Waals surface area contributed by atoms with Crippen molar-refractivity contribution in [1.82, 2.24) is 30.0 Å². The van der Waals surface area contributed by atoms with Crippen molar-refractivity contribution in [2.75, 3.05) is 5.73 Å². The first-order chi connectivity index (χ1) is 24.3. The number of aryl methyl sites for hydroxylation is 4. The van der Waals surface area contributed by atoms with Crippen molar-refractivity contribution in [3.63, 3.8) is 0 Å². The van der Waals surface area contributed by atoms with Crippen LogP contribution in [-0.4, -0.2) is 34.9 Å². The van der Waals surface area contributed by atoms with Gasteiger partial charge in [-0.15, -0.1) is 10.2 Å². The quantitative estimate of drug-likeness (QED) is 0.0476. The summed E-state index contributed by atoms with van der Waals surface area (Å²) in [6.45, 7) is 1.76. The molecule has 0 saturated carbocycles. The zero-order chi connectivity index (χ0) is 35.1. The molecule has 0 amide bonds. The second-order valence-electron chi connectivity index (χ2n) is 11.3. The van der Waals surface area contributed by atoms with Gasteiger partial charge >= 0.3 is 0 Å². The number of nitrogens with two attached hydrogens (primary N) is 1. The number of halogens is 2. The number of aromatic nitrogens is 6. The summed E-state index contributed by atoms with van der Waals surface area (Å²) in [5.74, 6) is 2.38. The van der Waals surface area contributed by atoms with E-state index >= 15 is 0 Å². The van der Waals surface area contributed by atoms with Crippen LogP contribution in [0.3, 0.4) is 0 Å². The van der Waals surface area contributed by atoms with Crippen LogP contribution < -0.4 is 15.2 Å². The van der Waals surface area contributed by atoms with Crippen molar-refractivity contribution < 1.29 is 14.4 Å². The molecule has 2 aromatic heterocycles. The van der Waals surface area contributed by atoms with Crippen LogP contribution in [0, 0.1) is 10.1 Å². The molecule has 14 heteroatoms. The van der Waals surface area contributed by atoms with Gasteiger partial charge in [0.2, 0.25) is 0 Å². The summed E-state index contributed by atoms with van der Waals surface area (Å²) in [5, 5.41) is 26.9. The predicted octanol–water partition coefficient (Wildman–Crippen LogP) is 8.98. The van der Waals surface area contributed by atoms with Crippen molar-refractivity contribution in [2.24, 2.45) is 0 Å². The molecule has 12 nitrogen and oxygen atoms in total. The number of ether oxygens (including phenoxy) is 2. The number of nitro groups is 1. The van der Waals surface area contributed by atoms with Gasteiger partial charge in [0, 0.05) is 43.3 Å². The maximum Gasteiger partial charge on any atom is 0.271 e. The average molecular weight is 716 g/mol. The molecule has 0 fully saturated rings. The molecule has 50 heavy (non-hydrogen) atoms. The molecule has 2 heterocycles. The second-order valence-corrected chi connectivity index (χ2v) is 12.1. The molecule has 0 spiro atoms. The molecule has 6 rings (SSSR count). The van der Waals surface area contributed by atoms with Crippen LogP contribution in [0.15, 0.2) is 110 Å². The van der Waals surface area contributed by atoms with Crippen LogP contribution in [-0.2, 0) is 25.9 Å². The fraction of sp³-hybridized carbons (Fsp3) is 0.222. The Morgan fingerprint density at radius 1 is 0.660 bits per heavy atom. The number of nitrogen functional groups attached to an aromatic ring is 1. The number of nitrogens with zero attached hydrogens (tertiary/aromatic N) is 7. The molecule has 0 saturated heterocycles. The summed E-state index contributed by atoms with van der Waals surface area (Å²) in [6, 6.07) is 25.2. The number of benzene rings is 4. The maximum atomic E-state index is 10.7. The predicted molar refractivity (Wildman–Crippen MR) is 193 cm³/mol. The SMILES string of the molecule is Nc1ccc(Oc2ccc(CCCCn3ccnn3)cc2)c(Cl)c1.O=[N+]([O-])c1ccc(Oc2ccc(CCCCn3ccnn3)cc2)c(Cl)c1. The number of anilines is 1. The Bertz CT molecular complexity index is 1920. The van der Waals surface area contributed by atoms with E-state index in [1.165, 1.54) is 29.3 Å². The molecular weight excluding hydrogens is 679 g/mol. The van der Waals surface area contributed by atoms with Gasteiger partial charge in [0.25, 0.3) is 5.69 Å². The Hall–Kier alpha value is -5.46. The fourth-order valence-corrected chi connectivity index (χ4v) is 5.34. The third-order valence-corrected chi connectivity index (χ3v) is 8.12. The van der Waals surface area contributed by atoms with Gasteiger partial charge in [0.05, 0.1) is 27.4 Å². The molecular formula is C36H36Cl2N8O4. The summed E-state index contributed by atoms with van der Waals surface area (Å²) in [4.78, 5) is 10.2. The molecule has 6 aromatic rings. The summed E-state index contributed by atoms with van der Waals surface area (Å²) in [7, 11) is 0. The van der Waals surface area contributed by atoms with Crippen molar-refractivity contribution in [3.05, 3.63) is 141 Å². The van der Waals surface area contributed by atoms with E-state index in [-0.39, 0.29) is 10.7 Å². The Balaban J connectivity index is 0.000000195. The number of hydrogen-bond acceptors (Lipinski definition) is 9. The lowest BCUT2D eigenvalue weighted by Gasteiger charge is -2.09. The van der Waals surface area contributed by atoms with E-state index in [4.69, 9.17) is 38.4 Å². The minimum absolute atomic E-state index is 0.0661. The number of hydrogen-bond donors (Lipinski definition) is 1. The molecule has 0 aliphatic heterocycles. The van der Waals surface area contributed by atoms with Crippen LogP contribution >= 0.6 is 23.2 Å². The van der Waals surface area contributed by atoms with Gasteiger partial charge in [-0.1, -0.05) is 57.9 Å². The van der Waals surface area contributed by atoms with Crippen LogP contribution in [0.2, 0.25) is 10.0 Å². The van der Waals surface area contributed by atoms with Gasteiger partial charge in [-0.2, -0.15) is 0 Å². The van der Waals surface area contributed by atoms with Gasteiger partial charge in [0.15, 0.2) is 0 Å². The lowest BCUT2D eigenvalue weighted by molar-refractivity contribution is -0.384. The summed E-state index contributed by atoms with van der Waals surface area (Å²) < 4.78 is 15.2. The highest BCUT2D eigenvalue weighted by atomic mass is 35.5. The van der Waals surface area contributed by atoms with Crippen molar-refractivity contribution >= 4 is 34.6 Å². The first-order valence-corrected chi connectivity index (χ1v) is 16.8. The molecule has 0 bridgehead atoms. The van der Waals surface area contributed by atoms with Crippen LogP contribution in [0.4, 0.5) is 11.4 Å². The molecule has 0 aliphatic carbocycles. The van der Waals surface area contributed by atoms with E-state index in [2.05, 4.69) is 32.8 Å². The molecule has 0 radical (unpaired) electrons. The highest BCUT2D eigenvalue weighted by molar-refractivity contribution is 6.32. The van der Waals surface area contributed by atoms with Crippen LogP contribution in [0.1, 0.15) is 36.8 Å². The van der Waals surface area contributed by atoms with Crippen molar-refractivity contribution in [3.8, 4) is 23.0 Å². The highest BCUT2D eigenvalue weighted by Gasteiger charge is 2.11. The highest BCUT2D eigenvalue weighted by Crippen LogP contribution is 2.33. The molecule has 2 N–H and O–H groups in total. The first-order valence-electron chi connectivity index (χ1n) is 16.0.